The van der Waals surface area contributed by atoms with Crippen LogP contribution in [0.15, 0.2) is 24.3 Å². The number of rotatable bonds is 5. The summed E-state index contributed by atoms with van der Waals surface area (Å²) in [5, 5.41) is 17.6. The first kappa shape index (κ1) is 16.6. The molecule has 8 nitrogen and oxygen atoms in total. The summed E-state index contributed by atoms with van der Waals surface area (Å²) in [6, 6.07) is 6.04. The molecule has 1 aliphatic heterocycles. The lowest BCUT2D eigenvalue weighted by Crippen LogP contribution is -2.41. The van der Waals surface area contributed by atoms with E-state index in [1.54, 1.807) is 24.3 Å². The molecular formula is C17H17N5O3S. The van der Waals surface area contributed by atoms with Crippen molar-refractivity contribution in [3.8, 4) is 0 Å². The summed E-state index contributed by atoms with van der Waals surface area (Å²) in [5.74, 6) is -0.428. The van der Waals surface area contributed by atoms with Gasteiger partial charge in [-0.25, -0.2) is 0 Å². The third kappa shape index (κ3) is 3.57. The van der Waals surface area contributed by atoms with Crippen molar-refractivity contribution in [2.45, 2.75) is 37.6 Å². The van der Waals surface area contributed by atoms with Gasteiger partial charge in [0.2, 0.25) is 16.9 Å². The van der Waals surface area contributed by atoms with Crippen LogP contribution in [0, 0.1) is 0 Å². The van der Waals surface area contributed by atoms with Gasteiger partial charge >= 0.3 is 0 Å². The maximum absolute atomic E-state index is 12.3. The summed E-state index contributed by atoms with van der Waals surface area (Å²) >= 11 is 1.39. The molecule has 3 N–H and O–H groups in total. The Balaban J connectivity index is 1.34. The molecule has 1 aliphatic carbocycles. The van der Waals surface area contributed by atoms with E-state index in [-0.39, 0.29) is 30.6 Å². The van der Waals surface area contributed by atoms with Gasteiger partial charge in [0.15, 0.2) is 0 Å². The number of hydrogen-bond donors (Lipinski definition) is 3. The highest BCUT2D eigenvalue weighted by Gasteiger charge is 2.29. The third-order valence-corrected chi connectivity index (χ3v) is 5.33. The molecule has 1 unspecified atom stereocenters. The molecule has 4 rings (SSSR count). The SMILES string of the molecule is O=C(CCC1NC(=O)c2ccccc2NC1=O)Nc1nnc(C2CC2)s1. The minimum Gasteiger partial charge on any atom is -0.340 e. The fourth-order valence-corrected chi connectivity index (χ4v) is 3.68. The molecule has 134 valence electrons. The van der Waals surface area contributed by atoms with Gasteiger partial charge in [-0.15, -0.1) is 10.2 Å². The van der Waals surface area contributed by atoms with Gasteiger partial charge in [0.25, 0.3) is 5.91 Å². The summed E-state index contributed by atoms with van der Waals surface area (Å²) in [5.41, 5.74) is 0.887. The topological polar surface area (TPSA) is 113 Å². The zero-order valence-corrected chi connectivity index (χ0v) is 14.6. The van der Waals surface area contributed by atoms with E-state index in [0.29, 0.717) is 22.3 Å². The molecule has 26 heavy (non-hydrogen) atoms. The zero-order chi connectivity index (χ0) is 18.1. The van der Waals surface area contributed by atoms with Crippen molar-refractivity contribution < 1.29 is 14.4 Å². The normalized spacial score (nSPS) is 19.2. The monoisotopic (exact) mass is 371 g/mol. The second kappa shape index (κ2) is 6.83. The second-order valence-electron chi connectivity index (χ2n) is 6.37. The minimum absolute atomic E-state index is 0.0903. The molecule has 1 aromatic carbocycles. The van der Waals surface area contributed by atoms with E-state index in [1.807, 2.05) is 0 Å². The van der Waals surface area contributed by atoms with Crippen molar-refractivity contribution >= 4 is 39.9 Å². The average Bonchev–Trinajstić information content (AvgIpc) is 3.39. The number of hydrogen-bond acceptors (Lipinski definition) is 6. The van der Waals surface area contributed by atoms with Gasteiger partial charge in [-0.05, 0) is 31.4 Å². The van der Waals surface area contributed by atoms with Crippen LogP contribution < -0.4 is 16.0 Å². The van der Waals surface area contributed by atoms with Crippen molar-refractivity contribution in [2.24, 2.45) is 0 Å². The molecule has 0 radical (unpaired) electrons. The number of nitrogens with zero attached hydrogens (tertiary/aromatic N) is 2. The van der Waals surface area contributed by atoms with Crippen LogP contribution in [0.3, 0.4) is 0 Å². The molecule has 2 aromatic rings. The first-order valence-electron chi connectivity index (χ1n) is 8.44. The standard InChI is InChI=1S/C17H17N5O3S/c23-13(20-17-22-21-16(26-17)9-5-6-9)8-7-12-15(25)18-11-4-2-1-3-10(11)14(24)19-12/h1-4,9,12H,5-8H2,(H,18,25)(H,19,24)(H,20,22,23). The number of anilines is 2. The second-order valence-corrected chi connectivity index (χ2v) is 7.38. The van der Waals surface area contributed by atoms with Crippen LogP contribution in [-0.4, -0.2) is 34.0 Å². The fourth-order valence-electron chi connectivity index (χ4n) is 2.75. The summed E-state index contributed by atoms with van der Waals surface area (Å²) in [7, 11) is 0. The summed E-state index contributed by atoms with van der Waals surface area (Å²) in [4.78, 5) is 36.7. The molecule has 0 spiro atoms. The first-order valence-corrected chi connectivity index (χ1v) is 9.26. The lowest BCUT2D eigenvalue weighted by molar-refractivity contribution is -0.118. The fraction of sp³-hybridized carbons (Fsp3) is 0.353. The Morgan fingerprint density at radius 1 is 1.23 bits per heavy atom. The molecule has 1 atom stereocenters. The van der Waals surface area contributed by atoms with Crippen LogP contribution in [0.1, 0.15) is 47.0 Å². The van der Waals surface area contributed by atoms with E-state index < -0.39 is 6.04 Å². The van der Waals surface area contributed by atoms with Crippen molar-refractivity contribution in [3.63, 3.8) is 0 Å². The Hall–Kier alpha value is -2.81. The highest BCUT2D eigenvalue weighted by atomic mass is 32.1. The first-order chi connectivity index (χ1) is 12.6. The molecule has 9 heteroatoms. The van der Waals surface area contributed by atoms with E-state index in [9.17, 15) is 14.4 Å². The number of amides is 3. The van der Waals surface area contributed by atoms with Gasteiger partial charge < -0.3 is 16.0 Å². The summed E-state index contributed by atoms with van der Waals surface area (Å²) in [6.07, 6.45) is 2.54. The Morgan fingerprint density at radius 2 is 2.04 bits per heavy atom. The molecule has 1 fully saturated rings. The van der Waals surface area contributed by atoms with E-state index in [1.165, 1.54) is 11.3 Å². The maximum Gasteiger partial charge on any atom is 0.254 e. The zero-order valence-electron chi connectivity index (χ0n) is 13.8. The Bertz CT molecular complexity index is 877. The van der Waals surface area contributed by atoms with Gasteiger partial charge in [-0.3, -0.25) is 14.4 Å². The molecule has 0 saturated heterocycles. The summed E-state index contributed by atoms with van der Waals surface area (Å²) in [6.45, 7) is 0. The van der Waals surface area contributed by atoms with Crippen LogP contribution in [-0.2, 0) is 9.59 Å². The van der Waals surface area contributed by atoms with Gasteiger partial charge in [-0.1, -0.05) is 23.5 Å². The Kier molecular flexibility index (Phi) is 4.37. The molecular weight excluding hydrogens is 354 g/mol. The van der Waals surface area contributed by atoms with E-state index in [2.05, 4.69) is 26.1 Å². The smallest absolute Gasteiger partial charge is 0.254 e. The number of benzene rings is 1. The van der Waals surface area contributed by atoms with Crippen LogP contribution in [0.5, 0.6) is 0 Å². The molecule has 2 aliphatic rings. The maximum atomic E-state index is 12.3. The number of carbonyl (C=O) groups is 3. The highest BCUT2D eigenvalue weighted by Crippen LogP contribution is 2.42. The minimum atomic E-state index is -0.767. The van der Waals surface area contributed by atoms with E-state index >= 15 is 0 Å². The number of carbonyl (C=O) groups excluding carboxylic acids is 3. The van der Waals surface area contributed by atoms with E-state index in [0.717, 1.165) is 17.8 Å². The van der Waals surface area contributed by atoms with Crippen LogP contribution in [0.25, 0.3) is 0 Å². The third-order valence-electron chi connectivity index (χ3n) is 4.33. The van der Waals surface area contributed by atoms with Crippen LogP contribution in [0.2, 0.25) is 0 Å². The predicted octanol–water partition coefficient (Wildman–Crippen LogP) is 1.88. The lowest BCUT2D eigenvalue weighted by atomic mass is 10.1. The predicted molar refractivity (Wildman–Crippen MR) is 96.1 cm³/mol. The molecule has 1 saturated carbocycles. The average molecular weight is 371 g/mol. The lowest BCUT2D eigenvalue weighted by Gasteiger charge is -2.13. The van der Waals surface area contributed by atoms with Gasteiger partial charge in [0, 0.05) is 12.3 Å². The van der Waals surface area contributed by atoms with Gasteiger partial charge in [0.1, 0.15) is 11.0 Å². The number of nitrogens with one attached hydrogen (secondary N) is 3. The van der Waals surface area contributed by atoms with Crippen molar-refractivity contribution in [3.05, 3.63) is 34.8 Å². The summed E-state index contributed by atoms with van der Waals surface area (Å²) < 4.78 is 0. The number of para-hydroxylation sites is 1. The van der Waals surface area contributed by atoms with Gasteiger partial charge in [-0.2, -0.15) is 0 Å². The van der Waals surface area contributed by atoms with Crippen molar-refractivity contribution in [2.75, 3.05) is 10.6 Å². The van der Waals surface area contributed by atoms with Crippen LogP contribution in [0.4, 0.5) is 10.8 Å². The van der Waals surface area contributed by atoms with Crippen molar-refractivity contribution in [1.82, 2.24) is 15.5 Å². The number of aromatic nitrogens is 2. The molecule has 0 bridgehead atoms. The molecule has 3 amide bonds. The molecule has 2 heterocycles. The van der Waals surface area contributed by atoms with Gasteiger partial charge in [0.05, 0.1) is 11.3 Å². The van der Waals surface area contributed by atoms with Crippen LogP contribution >= 0.6 is 11.3 Å². The van der Waals surface area contributed by atoms with Crippen molar-refractivity contribution in [1.29, 1.82) is 0 Å². The molecule has 1 aromatic heterocycles. The quantitative estimate of drug-likeness (QED) is 0.743. The van der Waals surface area contributed by atoms with E-state index in [4.69, 9.17) is 0 Å². The highest BCUT2D eigenvalue weighted by molar-refractivity contribution is 7.15. The Labute approximate surface area is 153 Å². The Morgan fingerprint density at radius 3 is 2.85 bits per heavy atom. The largest absolute Gasteiger partial charge is 0.340 e. The number of fused-ring (bicyclic) bond motifs is 1.